The van der Waals surface area contributed by atoms with Crippen molar-refractivity contribution in [3.8, 4) is 5.75 Å². The Balaban J connectivity index is 2.70. The molecule has 3 nitrogen and oxygen atoms in total. The van der Waals surface area contributed by atoms with Crippen LogP contribution in [0.4, 0.5) is 13.2 Å². The highest BCUT2D eigenvalue weighted by Crippen LogP contribution is 2.25. The highest BCUT2D eigenvalue weighted by molar-refractivity contribution is 9.10. The first-order valence-electron chi connectivity index (χ1n) is 4.02. The molecule has 0 saturated heterocycles. The minimum atomic E-state index is -4.55. The van der Waals surface area contributed by atoms with Crippen molar-refractivity contribution in [3.05, 3.63) is 28.2 Å². The lowest BCUT2D eigenvalue weighted by molar-refractivity contribution is -0.161. The molecule has 0 aliphatic heterocycles. The van der Waals surface area contributed by atoms with Crippen molar-refractivity contribution in [3.63, 3.8) is 0 Å². The van der Waals surface area contributed by atoms with Crippen molar-refractivity contribution >= 4 is 21.9 Å². The highest BCUT2D eigenvalue weighted by atomic mass is 79.9. The van der Waals surface area contributed by atoms with E-state index in [1.807, 2.05) is 0 Å². The Morgan fingerprint density at radius 2 is 2.06 bits per heavy atom. The number of halogens is 4. The molecule has 1 N–H and O–H groups in total. The molecule has 0 atom stereocenters. The van der Waals surface area contributed by atoms with Gasteiger partial charge in [-0.2, -0.15) is 13.2 Å². The summed E-state index contributed by atoms with van der Waals surface area (Å²) < 4.78 is 39.5. The lowest BCUT2D eigenvalue weighted by Crippen LogP contribution is -2.20. The number of aromatic hydroxyl groups is 1. The Morgan fingerprint density at radius 1 is 1.44 bits per heavy atom. The van der Waals surface area contributed by atoms with Crippen molar-refractivity contribution in [1.29, 1.82) is 0 Å². The van der Waals surface area contributed by atoms with E-state index in [0.717, 1.165) is 0 Å². The molecule has 88 valence electrons. The number of hydrogen-bond acceptors (Lipinski definition) is 3. The number of phenols is 1. The molecule has 1 aromatic carbocycles. The van der Waals surface area contributed by atoms with E-state index in [9.17, 15) is 18.0 Å². The van der Waals surface area contributed by atoms with Gasteiger partial charge < -0.3 is 9.84 Å². The quantitative estimate of drug-likeness (QED) is 0.854. The maximum absolute atomic E-state index is 11.7. The Morgan fingerprint density at radius 3 is 2.56 bits per heavy atom. The molecule has 0 heterocycles. The van der Waals surface area contributed by atoms with Crippen LogP contribution >= 0.6 is 15.9 Å². The average Bonchev–Trinajstić information content (AvgIpc) is 2.17. The summed E-state index contributed by atoms with van der Waals surface area (Å²) in [6.07, 6.45) is -4.55. The van der Waals surface area contributed by atoms with Crippen LogP contribution in [0.1, 0.15) is 10.4 Å². The summed E-state index contributed by atoms with van der Waals surface area (Å²) in [5.74, 6) is -1.22. The van der Waals surface area contributed by atoms with Gasteiger partial charge in [-0.3, -0.25) is 0 Å². The second-order valence-electron chi connectivity index (χ2n) is 2.86. The van der Waals surface area contributed by atoms with Gasteiger partial charge >= 0.3 is 12.1 Å². The van der Waals surface area contributed by atoms with Gasteiger partial charge in [0.15, 0.2) is 6.61 Å². The van der Waals surface area contributed by atoms with Crippen molar-refractivity contribution in [2.75, 3.05) is 6.61 Å². The zero-order valence-electron chi connectivity index (χ0n) is 7.71. The third kappa shape index (κ3) is 3.73. The van der Waals surface area contributed by atoms with Gasteiger partial charge in [0.25, 0.3) is 0 Å². The number of ether oxygens (including phenoxy) is 1. The minimum Gasteiger partial charge on any atom is -0.507 e. The molecule has 0 fully saturated rings. The third-order valence-electron chi connectivity index (χ3n) is 1.55. The summed E-state index contributed by atoms with van der Waals surface area (Å²) in [4.78, 5) is 11.1. The van der Waals surface area contributed by atoms with E-state index in [1.165, 1.54) is 18.2 Å². The summed E-state index contributed by atoms with van der Waals surface area (Å²) in [7, 11) is 0. The first-order chi connectivity index (χ1) is 7.29. The molecule has 16 heavy (non-hydrogen) atoms. The summed E-state index contributed by atoms with van der Waals surface area (Å²) in [6, 6.07) is 3.51. The Hall–Kier alpha value is -1.24. The molecule has 0 saturated carbocycles. The molecule has 1 aromatic rings. The van der Waals surface area contributed by atoms with Crippen LogP contribution < -0.4 is 0 Å². The predicted octanol–water partition coefficient (Wildman–Crippen LogP) is 2.87. The second-order valence-corrected chi connectivity index (χ2v) is 3.71. The Labute approximate surface area is 97.0 Å². The molecular formula is C9H6BrF3O3. The van der Waals surface area contributed by atoms with Crippen LogP contribution in [0.15, 0.2) is 22.7 Å². The molecule has 0 aliphatic carbocycles. The topological polar surface area (TPSA) is 46.5 Å². The highest BCUT2D eigenvalue weighted by Gasteiger charge is 2.29. The summed E-state index contributed by atoms with van der Waals surface area (Å²) in [6.45, 7) is -1.63. The van der Waals surface area contributed by atoms with Crippen LogP contribution in [0, 0.1) is 0 Å². The predicted molar refractivity (Wildman–Crippen MR) is 52.1 cm³/mol. The number of phenolic OH excluding ortho intramolecular Hbond substituents is 1. The normalized spacial score (nSPS) is 11.2. The molecular weight excluding hydrogens is 293 g/mol. The van der Waals surface area contributed by atoms with Crippen LogP contribution in [0.2, 0.25) is 0 Å². The van der Waals surface area contributed by atoms with Gasteiger partial charge in [0, 0.05) is 0 Å². The van der Waals surface area contributed by atoms with Crippen molar-refractivity contribution in [1.82, 2.24) is 0 Å². The van der Waals surface area contributed by atoms with Gasteiger partial charge in [0.05, 0.1) is 10.0 Å². The van der Waals surface area contributed by atoms with Gasteiger partial charge in [0.1, 0.15) is 5.75 Å². The van der Waals surface area contributed by atoms with Crippen molar-refractivity contribution in [2.45, 2.75) is 6.18 Å². The van der Waals surface area contributed by atoms with E-state index >= 15 is 0 Å². The SMILES string of the molecule is O=C(OCC(F)(F)F)c1ccc(O)c(Br)c1. The number of carbonyl (C=O) groups is 1. The minimum absolute atomic E-state index is 0.0751. The third-order valence-corrected chi connectivity index (χ3v) is 2.19. The van der Waals surface area contributed by atoms with E-state index < -0.39 is 18.8 Å². The van der Waals surface area contributed by atoms with Gasteiger partial charge in [-0.15, -0.1) is 0 Å². The fourth-order valence-corrected chi connectivity index (χ4v) is 1.24. The fourth-order valence-electron chi connectivity index (χ4n) is 0.865. The van der Waals surface area contributed by atoms with Crippen LogP contribution in [0.25, 0.3) is 0 Å². The largest absolute Gasteiger partial charge is 0.507 e. The summed E-state index contributed by atoms with van der Waals surface area (Å²) in [5.41, 5.74) is -0.0751. The summed E-state index contributed by atoms with van der Waals surface area (Å²) >= 11 is 2.92. The van der Waals surface area contributed by atoms with Crippen LogP contribution in [-0.4, -0.2) is 23.9 Å². The molecule has 0 bridgehead atoms. The lowest BCUT2D eigenvalue weighted by atomic mass is 10.2. The zero-order valence-corrected chi connectivity index (χ0v) is 9.30. The van der Waals surface area contributed by atoms with Gasteiger partial charge in [-0.05, 0) is 34.1 Å². The Bertz CT molecular complexity index is 403. The maximum Gasteiger partial charge on any atom is 0.422 e. The van der Waals surface area contributed by atoms with Crippen LogP contribution in [0.3, 0.4) is 0 Å². The number of carbonyl (C=O) groups excluding carboxylic acids is 1. The van der Waals surface area contributed by atoms with E-state index in [2.05, 4.69) is 20.7 Å². The van der Waals surface area contributed by atoms with E-state index in [0.29, 0.717) is 0 Å². The molecule has 0 amide bonds. The average molecular weight is 299 g/mol. The molecule has 0 radical (unpaired) electrons. The van der Waals surface area contributed by atoms with Gasteiger partial charge in [0.2, 0.25) is 0 Å². The van der Waals surface area contributed by atoms with Crippen molar-refractivity contribution < 1.29 is 27.8 Å². The number of benzene rings is 1. The first-order valence-corrected chi connectivity index (χ1v) is 4.81. The van der Waals surface area contributed by atoms with E-state index in [1.54, 1.807) is 0 Å². The molecule has 1 rings (SSSR count). The van der Waals surface area contributed by atoms with Crippen LogP contribution in [0.5, 0.6) is 5.75 Å². The van der Waals surface area contributed by atoms with Gasteiger partial charge in [-0.1, -0.05) is 0 Å². The monoisotopic (exact) mass is 298 g/mol. The number of hydrogen-bond donors (Lipinski definition) is 1. The number of esters is 1. The smallest absolute Gasteiger partial charge is 0.422 e. The second kappa shape index (κ2) is 4.73. The molecule has 0 spiro atoms. The number of rotatable bonds is 2. The van der Waals surface area contributed by atoms with E-state index in [-0.39, 0.29) is 15.8 Å². The van der Waals surface area contributed by atoms with Gasteiger partial charge in [-0.25, -0.2) is 4.79 Å². The maximum atomic E-state index is 11.7. The number of alkyl halides is 3. The van der Waals surface area contributed by atoms with Crippen molar-refractivity contribution in [2.24, 2.45) is 0 Å². The van der Waals surface area contributed by atoms with E-state index in [4.69, 9.17) is 5.11 Å². The lowest BCUT2D eigenvalue weighted by Gasteiger charge is -2.08. The molecule has 0 unspecified atom stereocenters. The first kappa shape index (κ1) is 12.8. The zero-order chi connectivity index (χ0) is 12.3. The standard InChI is InChI=1S/C9H6BrF3O3/c10-6-3-5(1-2-7(6)14)8(15)16-4-9(11,12)13/h1-3,14H,4H2. The molecule has 0 aliphatic rings. The molecule has 7 heteroatoms. The Kier molecular flexibility index (Phi) is 3.79. The summed E-state index contributed by atoms with van der Waals surface area (Å²) in [5, 5.41) is 9.11. The van der Waals surface area contributed by atoms with Crippen LogP contribution in [-0.2, 0) is 4.74 Å². The fraction of sp³-hybridized carbons (Fsp3) is 0.222. The molecule has 0 aromatic heterocycles.